The normalized spacial score (nSPS) is 18.1. The lowest BCUT2D eigenvalue weighted by molar-refractivity contribution is 0.0580. The molecule has 0 radical (unpaired) electrons. The molecule has 182 valence electrons. The van der Waals surface area contributed by atoms with Gasteiger partial charge in [0.1, 0.15) is 23.4 Å². The summed E-state index contributed by atoms with van der Waals surface area (Å²) in [5.41, 5.74) is 5.03. The molecule has 2 aromatic heterocycles. The smallest absolute Gasteiger partial charge is 0.170 e. The van der Waals surface area contributed by atoms with Crippen LogP contribution in [0.5, 0.6) is 11.5 Å². The maximum atomic E-state index is 13.3. The molecule has 5 rings (SSSR count). The molecule has 1 N–H and O–H groups in total. The van der Waals surface area contributed by atoms with Gasteiger partial charge in [-0.3, -0.25) is 14.0 Å². The molecule has 2 atom stereocenters. The highest BCUT2D eigenvalue weighted by atomic mass is 16.5. The molecular formula is C27H30N4O4. The third-order valence-electron chi connectivity index (χ3n) is 6.95. The number of hydrogen-bond donors (Lipinski definition) is 1. The summed E-state index contributed by atoms with van der Waals surface area (Å²) in [5, 5.41) is 14.6. The highest BCUT2D eigenvalue weighted by Gasteiger charge is 2.29. The van der Waals surface area contributed by atoms with Crippen molar-refractivity contribution in [1.29, 1.82) is 0 Å². The van der Waals surface area contributed by atoms with E-state index in [0.29, 0.717) is 17.1 Å². The topological polar surface area (TPSA) is 91.4 Å². The molecule has 0 unspecified atom stereocenters. The first-order chi connectivity index (χ1) is 17.0. The van der Waals surface area contributed by atoms with Crippen LogP contribution in [-0.2, 0) is 7.05 Å². The summed E-state index contributed by atoms with van der Waals surface area (Å²) in [4.78, 5) is 17.9. The summed E-state index contributed by atoms with van der Waals surface area (Å²) >= 11 is 0. The fourth-order valence-electron chi connectivity index (χ4n) is 5.05. The van der Waals surface area contributed by atoms with Gasteiger partial charge in [-0.15, -0.1) is 0 Å². The summed E-state index contributed by atoms with van der Waals surface area (Å²) < 4.78 is 15.0. The molecule has 0 aliphatic heterocycles. The fraction of sp³-hybridized carbons (Fsp3) is 0.370. The Balaban J connectivity index is 1.50. The van der Waals surface area contributed by atoms with Crippen LogP contribution >= 0.6 is 0 Å². The second kappa shape index (κ2) is 9.54. The average molecular weight is 475 g/mol. The van der Waals surface area contributed by atoms with Gasteiger partial charge in [0.15, 0.2) is 5.78 Å². The monoisotopic (exact) mass is 474 g/mol. The van der Waals surface area contributed by atoms with Crippen LogP contribution in [0.1, 0.15) is 42.5 Å². The number of fused-ring (bicyclic) bond motifs is 1. The number of ketones is 1. The van der Waals surface area contributed by atoms with Crippen LogP contribution in [0.4, 0.5) is 0 Å². The molecule has 2 aromatic carbocycles. The maximum Gasteiger partial charge on any atom is 0.170 e. The molecule has 1 fully saturated rings. The van der Waals surface area contributed by atoms with Gasteiger partial charge < -0.3 is 14.6 Å². The van der Waals surface area contributed by atoms with Gasteiger partial charge >= 0.3 is 0 Å². The van der Waals surface area contributed by atoms with Gasteiger partial charge in [0.25, 0.3) is 0 Å². The molecule has 8 nitrogen and oxygen atoms in total. The number of imidazole rings is 1. The third kappa shape index (κ3) is 4.41. The molecule has 1 aliphatic carbocycles. The predicted molar refractivity (Wildman–Crippen MR) is 133 cm³/mol. The maximum absolute atomic E-state index is 13.3. The molecule has 8 heteroatoms. The van der Waals surface area contributed by atoms with Gasteiger partial charge in [-0.05, 0) is 36.5 Å². The first kappa shape index (κ1) is 23.1. The highest BCUT2D eigenvalue weighted by Crippen LogP contribution is 2.37. The number of aromatic nitrogens is 4. The number of rotatable bonds is 7. The van der Waals surface area contributed by atoms with Gasteiger partial charge in [-0.1, -0.05) is 18.9 Å². The summed E-state index contributed by atoms with van der Waals surface area (Å²) in [6, 6.07) is 9.77. The van der Waals surface area contributed by atoms with Gasteiger partial charge in [0, 0.05) is 37.4 Å². The van der Waals surface area contributed by atoms with Crippen molar-refractivity contribution in [1.82, 2.24) is 19.3 Å². The number of aryl methyl sites for hydroxylation is 1. The minimum absolute atomic E-state index is 0.0306. The standard InChI is InChI=1S/C27H30N4O4/c1-30-15-19(14-29-30)17-8-9-22-21(10-17)28-16-31(22)20-12-25(34-2)27(26(13-20)35-3)24(33)11-18-6-4-5-7-23(18)32/h8-10,12-16,18,23,32H,4-7,11H2,1-3H3/t18-,23+/m1/s1. The Labute approximate surface area is 204 Å². The number of benzene rings is 2. The van der Waals surface area contributed by atoms with Crippen molar-refractivity contribution in [2.24, 2.45) is 13.0 Å². The first-order valence-electron chi connectivity index (χ1n) is 11.9. The van der Waals surface area contributed by atoms with Gasteiger partial charge in [-0.2, -0.15) is 5.10 Å². The van der Waals surface area contributed by atoms with Crippen LogP contribution in [0.25, 0.3) is 27.8 Å². The van der Waals surface area contributed by atoms with Crippen molar-refractivity contribution in [3.63, 3.8) is 0 Å². The Hall–Kier alpha value is -3.65. The Morgan fingerprint density at radius 3 is 2.49 bits per heavy atom. The number of methoxy groups -OCH3 is 2. The zero-order valence-corrected chi connectivity index (χ0v) is 20.3. The van der Waals surface area contributed by atoms with Crippen molar-refractivity contribution < 1.29 is 19.4 Å². The van der Waals surface area contributed by atoms with E-state index in [9.17, 15) is 9.90 Å². The number of aliphatic hydroxyl groups is 1. The molecule has 0 amide bonds. The first-order valence-corrected chi connectivity index (χ1v) is 11.9. The molecule has 2 heterocycles. The minimum Gasteiger partial charge on any atom is -0.496 e. The van der Waals surface area contributed by atoms with E-state index in [-0.39, 0.29) is 18.1 Å². The van der Waals surface area contributed by atoms with E-state index >= 15 is 0 Å². The van der Waals surface area contributed by atoms with Crippen LogP contribution in [0, 0.1) is 5.92 Å². The van der Waals surface area contributed by atoms with E-state index in [1.165, 1.54) is 0 Å². The Morgan fingerprint density at radius 2 is 1.83 bits per heavy atom. The number of Topliss-reactive ketones (excluding diaryl/α,β-unsaturated/α-hetero) is 1. The van der Waals surface area contributed by atoms with Crippen molar-refractivity contribution in [2.75, 3.05) is 14.2 Å². The van der Waals surface area contributed by atoms with Gasteiger partial charge in [-0.25, -0.2) is 4.98 Å². The van der Waals surface area contributed by atoms with E-state index in [1.807, 2.05) is 54.3 Å². The number of aliphatic hydroxyl groups excluding tert-OH is 1. The van der Waals surface area contributed by atoms with Crippen molar-refractivity contribution in [3.05, 3.63) is 54.6 Å². The lowest BCUT2D eigenvalue weighted by Crippen LogP contribution is -2.27. The van der Waals surface area contributed by atoms with E-state index < -0.39 is 6.10 Å². The van der Waals surface area contributed by atoms with Crippen LogP contribution < -0.4 is 9.47 Å². The third-order valence-corrected chi connectivity index (χ3v) is 6.95. The van der Waals surface area contributed by atoms with E-state index in [2.05, 4.69) is 10.1 Å². The minimum atomic E-state index is -0.433. The predicted octanol–water partition coefficient (Wildman–Crippen LogP) is 4.57. The lowest BCUT2D eigenvalue weighted by atomic mass is 9.82. The quantitative estimate of drug-likeness (QED) is 0.395. The number of carbonyl (C=O) groups is 1. The Morgan fingerprint density at radius 1 is 1.09 bits per heavy atom. The summed E-state index contributed by atoms with van der Waals surface area (Å²) in [5.74, 6) is 0.789. The fourth-order valence-corrected chi connectivity index (χ4v) is 5.05. The second-order valence-corrected chi connectivity index (χ2v) is 9.19. The summed E-state index contributed by atoms with van der Waals surface area (Å²) in [6.07, 6.45) is 9.06. The van der Waals surface area contributed by atoms with E-state index in [4.69, 9.17) is 9.47 Å². The zero-order valence-electron chi connectivity index (χ0n) is 20.3. The largest absolute Gasteiger partial charge is 0.496 e. The van der Waals surface area contributed by atoms with Crippen molar-refractivity contribution in [2.45, 2.75) is 38.2 Å². The van der Waals surface area contributed by atoms with Gasteiger partial charge in [0.05, 0.1) is 43.2 Å². The molecular weight excluding hydrogens is 444 g/mol. The zero-order chi connectivity index (χ0) is 24.5. The molecule has 0 bridgehead atoms. The molecule has 35 heavy (non-hydrogen) atoms. The van der Waals surface area contributed by atoms with Crippen molar-refractivity contribution in [3.8, 4) is 28.3 Å². The molecule has 1 aliphatic rings. The van der Waals surface area contributed by atoms with Crippen LogP contribution in [0.3, 0.4) is 0 Å². The summed E-state index contributed by atoms with van der Waals surface area (Å²) in [6.45, 7) is 0. The van der Waals surface area contributed by atoms with Crippen LogP contribution in [-0.4, -0.2) is 50.5 Å². The summed E-state index contributed by atoms with van der Waals surface area (Å²) in [7, 11) is 5.00. The molecule has 0 saturated heterocycles. The molecule has 1 saturated carbocycles. The molecule has 0 spiro atoms. The van der Waals surface area contributed by atoms with E-state index in [0.717, 1.165) is 53.5 Å². The highest BCUT2D eigenvalue weighted by molar-refractivity contribution is 6.02. The SMILES string of the molecule is COc1cc(-n2cnc3cc(-c4cnn(C)c4)ccc32)cc(OC)c1C(=O)C[C@H]1CCCC[C@@H]1O. The van der Waals surface area contributed by atoms with Crippen molar-refractivity contribution >= 4 is 16.8 Å². The number of nitrogens with zero attached hydrogens (tertiary/aromatic N) is 4. The Bertz CT molecular complexity index is 1350. The number of carbonyl (C=O) groups excluding carboxylic acids is 1. The van der Waals surface area contributed by atoms with Crippen LogP contribution in [0.15, 0.2) is 49.1 Å². The number of ether oxygens (including phenoxy) is 2. The lowest BCUT2D eigenvalue weighted by Gasteiger charge is -2.27. The van der Waals surface area contributed by atoms with Crippen LogP contribution in [0.2, 0.25) is 0 Å². The number of hydrogen-bond acceptors (Lipinski definition) is 6. The Kier molecular flexibility index (Phi) is 6.30. The molecule has 4 aromatic rings. The van der Waals surface area contributed by atoms with E-state index in [1.54, 1.807) is 25.2 Å². The second-order valence-electron chi connectivity index (χ2n) is 9.19. The average Bonchev–Trinajstić information content (AvgIpc) is 3.50. The van der Waals surface area contributed by atoms with Gasteiger partial charge in [0.2, 0.25) is 0 Å².